The third kappa shape index (κ3) is 3.68. The monoisotopic (exact) mass is 292 g/mol. The summed E-state index contributed by atoms with van der Waals surface area (Å²) in [4.78, 5) is 23.9. The van der Waals surface area contributed by atoms with E-state index in [-0.39, 0.29) is 5.82 Å². The van der Waals surface area contributed by atoms with Crippen LogP contribution in [0.2, 0.25) is 0 Å². The topological polar surface area (TPSA) is 99.2 Å². The van der Waals surface area contributed by atoms with E-state index in [4.69, 9.17) is 9.26 Å². The van der Waals surface area contributed by atoms with E-state index >= 15 is 0 Å². The molecule has 0 unspecified atom stereocenters. The highest BCUT2D eigenvalue weighted by Gasteiger charge is 2.23. The molecule has 2 rings (SSSR count). The van der Waals surface area contributed by atoms with Crippen LogP contribution >= 0.6 is 0 Å². The molecule has 0 aromatic carbocycles. The molecule has 2 aromatic heterocycles. The average Bonchev–Trinajstić information content (AvgIpc) is 3.04. The van der Waals surface area contributed by atoms with Crippen LogP contribution in [0.25, 0.3) is 0 Å². The summed E-state index contributed by atoms with van der Waals surface area (Å²) < 4.78 is 11.5. The van der Waals surface area contributed by atoms with Crippen molar-refractivity contribution in [3.8, 4) is 0 Å². The normalized spacial score (nSPS) is 12.0. The highest BCUT2D eigenvalue weighted by molar-refractivity contribution is 5.96. The molecule has 0 aliphatic heterocycles. The Morgan fingerprint density at radius 3 is 2.81 bits per heavy atom. The molecule has 2 aromatic rings. The lowest BCUT2D eigenvalue weighted by Gasteiger charge is -2.14. The number of rotatable bonds is 5. The minimum Gasteiger partial charge on any atom is -0.449 e. The summed E-state index contributed by atoms with van der Waals surface area (Å²) in [6, 6.07) is 1.58. The fourth-order valence-electron chi connectivity index (χ4n) is 1.68. The molecule has 8 heteroatoms. The third-order valence-electron chi connectivity index (χ3n) is 2.73. The van der Waals surface area contributed by atoms with E-state index in [0.717, 1.165) is 0 Å². The second-order valence-electron chi connectivity index (χ2n) is 4.52. The molecule has 21 heavy (non-hydrogen) atoms. The minimum atomic E-state index is -0.908. The molecule has 0 spiro atoms. The van der Waals surface area contributed by atoms with Gasteiger partial charge in [-0.25, -0.2) is 4.79 Å². The van der Waals surface area contributed by atoms with E-state index in [1.165, 1.54) is 17.1 Å². The van der Waals surface area contributed by atoms with Crippen LogP contribution in [0.4, 0.5) is 5.82 Å². The van der Waals surface area contributed by atoms with Gasteiger partial charge in [0.25, 0.3) is 5.91 Å². The number of carbonyl (C=O) groups is 2. The van der Waals surface area contributed by atoms with E-state index in [2.05, 4.69) is 15.6 Å². The first-order chi connectivity index (χ1) is 9.99. The van der Waals surface area contributed by atoms with E-state index in [1.807, 2.05) is 0 Å². The Balaban J connectivity index is 1.98. The number of nitrogens with zero attached hydrogens (tertiary/aromatic N) is 3. The number of amides is 1. The number of aryl methyl sites for hydroxylation is 2. The molecule has 2 heterocycles. The van der Waals surface area contributed by atoms with Crippen LogP contribution in [0.1, 0.15) is 29.5 Å². The summed E-state index contributed by atoms with van der Waals surface area (Å²) >= 11 is 0. The van der Waals surface area contributed by atoms with Crippen molar-refractivity contribution in [1.29, 1.82) is 0 Å². The van der Waals surface area contributed by atoms with Gasteiger partial charge in [-0.05, 0) is 13.3 Å². The Hall–Kier alpha value is -2.64. The molecule has 1 atom stereocenters. The third-order valence-corrected chi connectivity index (χ3v) is 2.73. The van der Waals surface area contributed by atoms with Gasteiger partial charge in [0.05, 0.1) is 11.8 Å². The molecule has 1 N–H and O–H groups in total. The zero-order chi connectivity index (χ0) is 15.4. The highest BCUT2D eigenvalue weighted by Crippen LogP contribution is 2.11. The quantitative estimate of drug-likeness (QED) is 0.834. The largest absolute Gasteiger partial charge is 0.449 e. The highest BCUT2D eigenvalue weighted by atomic mass is 16.5. The number of carbonyl (C=O) groups excluding carboxylic acids is 2. The zero-order valence-electron chi connectivity index (χ0n) is 12.0. The second-order valence-corrected chi connectivity index (χ2v) is 4.52. The predicted octanol–water partition coefficient (Wildman–Crippen LogP) is 1.29. The fraction of sp³-hybridized carbons (Fsp3) is 0.385. The molecule has 0 radical (unpaired) electrons. The molecule has 112 valence electrons. The van der Waals surface area contributed by atoms with Gasteiger partial charge in [0.2, 0.25) is 0 Å². The molecule has 0 saturated carbocycles. The van der Waals surface area contributed by atoms with Gasteiger partial charge in [0.15, 0.2) is 11.9 Å². The van der Waals surface area contributed by atoms with Crippen molar-refractivity contribution in [2.45, 2.75) is 26.4 Å². The molecule has 0 aliphatic carbocycles. The number of hydrogen-bond donors (Lipinski definition) is 1. The van der Waals surface area contributed by atoms with Gasteiger partial charge in [0.1, 0.15) is 5.76 Å². The minimum absolute atomic E-state index is 0.286. The summed E-state index contributed by atoms with van der Waals surface area (Å²) in [6.07, 6.45) is 2.34. The van der Waals surface area contributed by atoms with Crippen molar-refractivity contribution < 1.29 is 18.8 Å². The summed E-state index contributed by atoms with van der Waals surface area (Å²) in [5.41, 5.74) is 0.293. The van der Waals surface area contributed by atoms with Crippen LogP contribution in [0.3, 0.4) is 0 Å². The summed E-state index contributed by atoms with van der Waals surface area (Å²) in [7, 11) is 1.69. The maximum absolute atomic E-state index is 12.0. The SMILES string of the molecule is CC[C@H](OC(=O)c1cnn(C)c1)C(=O)Nc1cc(C)on1. The molecule has 1 amide bonds. The van der Waals surface area contributed by atoms with Crippen LogP contribution < -0.4 is 5.32 Å². The van der Waals surface area contributed by atoms with Crippen molar-refractivity contribution in [1.82, 2.24) is 14.9 Å². The number of anilines is 1. The molecule has 0 fully saturated rings. The van der Waals surface area contributed by atoms with Crippen molar-refractivity contribution in [2.75, 3.05) is 5.32 Å². The van der Waals surface area contributed by atoms with Gasteiger partial charge in [0, 0.05) is 19.3 Å². The van der Waals surface area contributed by atoms with Crippen molar-refractivity contribution in [2.24, 2.45) is 7.05 Å². The molecular weight excluding hydrogens is 276 g/mol. The molecule has 8 nitrogen and oxygen atoms in total. The van der Waals surface area contributed by atoms with Crippen LogP contribution in [0.15, 0.2) is 23.0 Å². The number of esters is 1. The first-order valence-corrected chi connectivity index (χ1v) is 6.43. The van der Waals surface area contributed by atoms with Gasteiger partial charge in [-0.2, -0.15) is 5.10 Å². The van der Waals surface area contributed by atoms with Crippen LogP contribution in [-0.4, -0.2) is 32.9 Å². The Kier molecular flexibility index (Phi) is 4.36. The Morgan fingerprint density at radius 2 is 2.29 bits per heavy atom. The van der Waals surface area contributed by atoms with Gasteiger partial charge in [-0.1, -0.05) is 12.1 Å². The van der Waals surface area contributed by atoms with Crippen molar-refractivity contribution in [3.05, 3.63) is 29.8 Å². The standard InChI is InChI=1S/C13H16N4O4/c1-4-10(12(18)15-11-5-8(2)21-16-11)20-13(19)9-6-14-17(3)7-9/h5-7,10H,4H2,1-3H3,(H,15,16,18)/t10-/m0/s1. The van der Waals surface area contributed by atoms with Gasteiger partial charge in [-0.3, -0.25) is 9.48 Å². The van der Waals surface area contributed by atoms with Crippen molar-refractivity contribution >= 4 is 17.7 Å². The first-order valence-electron chi connectivity index (χ1n) is 6.43. The Morgan fingerprint density at radius 1 is 1.52 bits per heavy atom. The van der Waals surface area contributed by atoms with E-state index in [1.54, 1.807) is 27.0 Å². The number of nitrogens with one attached hydrogen (secondary N) is 1. The lowest BCUT2D eigenvalue weighted by Crippen LogP contribution is -2.32. The number of ether oxygens (including phenoxy) is 1. The first kappa shape index (κ1) is 14.8. The zero-order valence-corrected chi connectivity index (χ0v) is 12.0. The van der Waals surface area contributed by atoms with Crippen LogP contribution in [0, 0.1) is 6.92 Å². The van der Waals surface area contributed by atoms with Gasteiger partial charge >= 0.3 is 5.97 Å². The van der Waals surface area contributed by atoms with Crippen LogP contribution in [0.5, 0.6) is 0 Å². The smallest absolute Gasteiger partial charge is 0.342 e. The van der Waals surface area contributed by atoms with Gasteiger partial charge < -0.3 is 14.6 Å². The van der Waals surface area contributed by atoms with E-state index in [9.17, 15) is 9.59 Å². The maximum atomic E-state index is 12.0. The summed E-state index contributed by atoms with van der Waals surface area (Å²) in [5.74, 6) is -0.191. The lowest BCUT2D eigenvalue weighted by molar-refractivity contribution is -0.124. The lowest BCUT2D eigenvalue weighted by atomic mass is 10.2. The van der Waals surface area contributed by atoms with E-state index < -0.39 is 18.0 Å². The van der Waals surface area contributed by atoms with E-state index in [0.29, 0.717) is 17.7 Å². The van der Waals surface area contributed by atoms with Gasteiger partial charge in [-0.15, -0.1) is 0 Å². The van der Waals surface area contributed by atoms with Crippen molar-refractivity contribution in [3.63, 3.8) is 0 Å². The summed E-state index contributed by atoms with van der Waals surface area (Å²) in [6.45, 7) is 3.46. The second kappa shape index (κ2) is 6.21. The molecular formula is C13H16N4O4. The summed E-state index contributed by atoms with van der Waals surface area (Å²) in [5, 5.41) is 10.1. The number of aromatic nitrogens is 3. The van der Waals surface area contributed by atoms with Crippen LogP contribution in [-0.2, 0) is 16.6 Å². The predicted molar refractivity (Wildman–Crippen MR) is 72.6 cm³/mol. The number of hydrogen-bond acceptors (Lipinski definition) is 6. The fourth-order valence-corrected chi connectivity index (χ4v) is 1.68. The maximum Gasteiger partial charge on any atom is 0.342 e. The molecule has 0 bridgehead atoms. The Bertz CT molecular complexity index is 646. The Labute approximate surface area is 121 Å². The average molecular weight is 292 g/mol. The molecule has 0 aliphatic rings. The molecule has 0 saturated heterocycles.